The number of hydrogen-bond donors (Lipinski definition) is 1. The van der Waals surface area contributed by atoms with Crippen LogP contribution in [0.25, 0.3) is 28.1 Å². The molecule has 1 aliphatic heterocycles. The average Bonchev–Trinajstić information content (AvgIpc) is 2.94. The van der Waals surface area contributed by atoms with Crippen LogP contribution in [0.2, 0.25) is 10.0 Å². The minimum atomic E-state index is -0.236. The zero-order valence-electron chi connectivity index (χ0n) is 21.7. The van der Waals surface area contributed by atoms with Gasteiger partial charge in [-0.2, -0.15) is 0 Å². The molecule has 8 nitrogen and oxygen atoms in total. The average molecular weight is 564 g/mol. The van der Waals surface area contributed by atoms with Gasteiger partial charge in [0.15, 0.2) is 0 Å². The van der Waals surface area contributed by atoms with Crippen LogP contribution in [0.1, 0.15) is 0 Å². The molecule has 0 atom stereocenters. The largest absolute Gasteiger partial charge is 0.480 e. The summed E-state index contributed by atoms with van der Waals surface area (Å²) in [5, 5.41) is 5.09. The van der Waals surface area contributed by atoms with Crippen molar-refractivity contribution in [1.29, 1.82) is 0 Å². The first-order valence-electron chi connectivity index (χ1n) is 12.2. The molecule has 0 saturated carbocycles. The molecule has 2 aliphatic rings. The van der Waals surface area contributed by atoms with E-state index in [0.717, 1.165) is 33.8 Å². The Morgan fingerprint density at radius 3 is 2.44 bits per heavy atom. The lowest BCUT2D eigenvalue weighted by atomic mass is 10.1. The lowest BCUT2D eigenvalue weighted by Crippen LogP contribution is -2.24. The van der Waals surface area contributed by atoms with Crippen LogP contribution in [0.15, 0.2) is 77.9 Å². The quantitative estimate of drug-likeness (QED) is 0.217. The maximum Gasteiger partial charge on any atom is 0.237 e. The lowest BCUT2D eigenvalue weighted by molar-refractivity contribution is 0.118. The summed E-state index contributed by atoms with van der Waals surface area (Å²) in [6.07, 6.45) is 1.68. The van der Waals surface area contributed by atoms with Gasteiger partial charge in [-0.15, -0.1) is 0 Å². The Balaban J connectivity index is 1.82. The SMILES string of the molecule is COCC(COC)/N=c1\cc2n(-c3ccc(Cl)c(Cl)c3)c3ccccc3nc-2cc1Nc1cccnc1OC. The molecule has 1 aliphatic carbocycles. The normalized spacial score (nSPS) is 12.0. The van der Waals surface area contributed by atoms with E-state index in [1.807, 2.05) is 60.7 Å². The molecule has 10 heteroatoms. The van der Waals surface area contributed by atoms with Crippen LogP contribution < -0.4 is 15.4 Å². The number of methoxy groups -OCH3 is 3. The Hall–Kier alpha value is -3.69. The smallest absolute Gasteiger partial charge is 0.237 e. The van der Waals surface area contributed by atoms with E-state index in [-0.39, 0.29) is 6.04 Å². The molecule has 0 unspecified atom stereocenters. The summed E-state index contributed by atoms with van der Waals surface area (Å²) in [6, 6.07) is 21.0. The Labute approximate surface area is 236 Å². The summed E-state index contributed by atoms with van der Waals surface area (Å²) in [5.41, 5.74) is 5.59. The van der Waals surface area contributed by atoms with E-state index in [2.05, 4.69) is 14.9 Å². The van der Waals surface area contributed by atoms with E-state index in [1.54, 1.807) is 33.6 Å². The third-order valence-corrected chi connectivity index (χ3v) is 6.87. The van der Waals surface area contributed by atoms with Gasteiger partial charge in [0.2, 0.25) is 5.88 Å². The summed E-state index contributed by atoms with van der Waals surface area (Å²) >= 11 is 12.7. The molecule has 2 aromatic carbocycles. The van der Waals surface area contributed by atoms with E-state index >= 15 is 0 Å². The molecule has 0 spiro atoms. The second kappa shape index (κ2) is 12.0. The van der Waals surface area contributed by atoms with Gasteiger partial charge >= 0.3 is 0 Å². The van der Waals surface area contributed by atoms with Gasteiger partial charge in [-0.05, 0) is 54.6 Å². The summed E-state index contributed by atoms with van der Waals surface area (Å²) in [5.74, 6) is 0.464. The van der Waals surface area contributed by atoms with Gasteiger partial charge in [0.1, 0.15) is 5.69 Å². The van der Waals surface area contributed by atoms with Crippen molar-refractivity contribution in [3.8, 4) is 23.0 Å². The van der Waals surface area contributed by atoms with Crippen molar-refractivity contribution in [2.75, 3.05) is 39.9 Å². The molecule has 39 heavy (non-hydrogen) atoms. The first-order chi connectivity index (χ1) is 19.0. The van der Waals surface area contributed by atoms with Crippen LogP contribution in [0.5, 0.6) is 5.88 Å². The standard InChI is InChI=1S/C29H27Cl2N5O3/c1-37-16-18(17-38-2)33-25-15-28-26(14-24(25)35-23-8-6-12-32-29(23)39-3)34-22-7-4-5-9-27(22)36(28)19-10-11-20(30)21(31)13-19/h4-15,18,35H,16-17H2,1-3H3/b33-25+. The third kappa shape index (κ3) is 5.69. The van der Waals surface area contributed by atoms with E-state index in [0.29, 0.717) is 40.2 Å². The van der Waals surface area contributed by atoms with Crippen molar-refractivity contribution in [2.24, 2.45) is 4.99 Å². The van der Waals surface area contributed by atoms with Gasteiger partial charge in [0.05, 0.1) is 69.9 Å². The Bertz CT molecular complexity index is 1650. The number of hydrogen-bond acceptors (Lipinski definition) is 7. The van der Waals surface area contributed by atoms with Gasteiger partial charge in [-0.25, -0.2) is 9.97 Å². The molecular formula is C29H27Cl2N5O3. The number of benzene rings is 3. The molecule has 5 rings (SSSR count). The number of fused-ring (bicyclic) bond motifs is 2. The van der Waals surface area contributed by atoms with Crippen molar-refractivity contribution in [3.05, 3.63) is 88.3 Å². The summed E-state index contributed by atoms with van der Waals surface area (Å²) < 4.78 is 18.4. The minimum Gasteiger partial charge on any atom is -0.480 e. The van der Waals surface area contributed by atoms with Crippen LogP contribution >= 0.6 is 23.2 Å². The van der Waals surface area contributed by atoms with Crippen LogP contribution in [0, 0.1) is 0 Å². The number of anilines is 2. The molecule has 0 amide bonds. The number of nitrogens with zero attached hydrogens (tertiary/aromatic N) is 4. The van der Waals surface area contributed by atoms with Crippen molar-refractivity contribution in [3.63, 3.8) is 0 Å². The molecule has 0 bridgehead atoms. The number of pyridine rings is 1. The molecule has 1 N–H and O–H groups in total. The molecule has 0 fully saturated rings. The predicted octanol–water partition coefficient (Wildman–Crippen LogP) is 6.15. The second-order valence-electron chi connectivity index (χ2n) is 8.77. The van der Waals surface area contributed by atoms with Gasteiger partial charge in [0, 0.05) is 26.1 Å². The van der Waals surface area contributed by atoms with Crippen LogP contribution in [0.3, 0.4) is 0 Å². The first-order valence-corrected chi connectivity index (χ1v) is 13.0. The lowest BCUT2D eigenvalue weighted by Gasteiger charge is -2.21. The molecule has 0 radical (unpaired) electrons. The molecular weight excluding hydrogens is 537 g/mol. The van der Waals surface area contributed by atoms with Crippen molar-refractivity contribution >= 4 is 45.6 Å². The van der Waals surface area contributed by atoms with Crippen molar-refractivity contribution < 1.29 is 14.2 Å². The number of rotatable bonds is 9. The minimum absolute atomic E-state index is 0.236. The van der Waals surface area contributed by atoms with E-state index in [4.69, 9.17) is 47.4 Å². The van der Waals surface area contributed by atoms with Crippen LogP contribution in [0.4, 0.5) is 11.4 Å². The monoisotopic (exact) mass is 563 g/mol. The summed E-state index contributed by atoms with van der Waals surface area (Å²) in [6.45, 7) is 0.786. The Morgan fingerprint density at radius 2 is 1.69 bits per heavy atom. The first kappa shape index (κ1) is 26.9. The maximum atomic E-state index is 6.44. The molecule has 3 aromatic rings. The Kier molecular flexibility index (Phi) is 8.28. The highest BCUT2D eigenvalue weighted by Crippen LogP contribution is 2.33. The van der Waals surface area contributed by atoms with E-state index < -0.39 is 0 Å². The number of aromatic nitrogens is 3. The van der Waals surface area contributed by atoms with Gasteiger partial charge < -0.3 is 24.1 Å². The molecule has 0 saturated heterocycles. The van der Waals surface area contributed by atoms with Gasteiger partial charge in [0.25, 0.3) is 0 Å². The fourth-order valence-electron chi connectivity index (χ4n) is 4.45. The van der Waals surface area contributed by atoms with E-state index in [9.17, 15) is 0 Å². The number of ether oxygens (including phenoxy) is 3. The number of halogens is 2. The second-order valence-corrected chi connectivity index (χ2v) is 9.59. The van der Waals surface area contributed by atoms with Crippen molar-refractivity contribution in [2.45, 2.75) is 6.04 Å². The fourth-order valence-corrected chi connectivity index (χ4v) is 4.74. The summed E-state index contributed by atoms with van der Waals surface area (Å²) in [7, 11) is 4.87. The zero-order valence-corrected chi connectivity index (χ0v) is 23.2. The van der Waals surface area contributed by atoms with E-state index in [1.165, 1.54) is 0 Å². The predicted molar refractivity (Wildman–Crippen MR) is 155 cm³/mol. The van der Waals surface area contributed by atoms with Gasteiger partial charge in [-0.1, -0.05) is 35.3 Å². The number of para-hydroxylation sites is 2. The molecule has 2 heterocycles. The topological polar surface area (TPSA) is 82.8 Å². The van der Waals surface area contributed by atoms with Crippen LogP contribution in [-0.2, 0) is 9.47 Å². The Morgan fingerprint density at radius 1 is 0.897 bits per heavy atom. The van der Waals surface area contributed by atoms with Crippen molar-refractivity contribution in [1.82, 2.24) is 14.5 Å². The summed E-state index contributed by atoms with van der Waals surface area (Å²) in [4.78, 5) is 14.3. The third-order valence-electron chi connectivity index (χ3n) is 6.13. The molecule has 1 aromatic heterocycles. The maximum absolute atomic E-state index is 6.44. The highest BCUT2D eigenvalue weighted by atomic mass is 35.5. The zero-order chi connectivity index (χ0) is 27.4. The van der Waals surface area contributed by atoms with Gasteiger partial charge in [-0.3, -0.25) is 4.99 Å². The fraction of sp³-hybridized carbons (Fsp3) is 0.207. The van der Waals surface area contributed by atoms with Crippen LogP contribution in [-0.4, -0.2) is 55.1 Å². The highest BCUT2D eigenvalue weighted by Gasteiger charge is 2.19. The highest BCUT2D eigenvalue weighted by molar-refractivity contribution is 6.42. The molecule has 200 valence electrons. The number of nitrogens with one attached hydrogen (secondary N) is 1.